The van der Waals surface area contributed by atoms with Gasteiger partial charge >= 0.3 is 0 Å². The van der Waals surface area contributed by atoms with Crippen LogP contribution in [0.15, 0.2) is 12.1 Å². The summed E-state index contributed by atoms with van der Waals surface area (Å²) < 4.78 is 24.7. The maximum Gasteiger partial charge on any atom is 0.238 e. The third-order valence-corrected chi connectivity index (χ3v) is 5.88. The summed E-state index contributed by atoms with van der Waals surface area (Å²) in [6.07, 6.45) is 2.40. The van der Waals surface area contributed by atoms with Crippen LogP contribution in [0.3, 0.4) is 0 Å². The summed E-state index contributed by atoms with van der Waals surface area (Å²) in [7, 11) is -3.36. The van der Waals surface area contributed by atoms with Gasteiger partial charge in [-0.1, -0.05) is 6.07 Å². The zero-order valence-corrected chi connectivity index (χ0v) is 14.9. The van der Waals surface area contributed by atoms with E-state index in [9.17, 15) is 13.2 Å². The topological polar surface area (TPSA) is 95.2 Å². The van der Waals surface area contributed by atoms with Gasteiger partial charge in [-0.2, -0.15) is 4.31 Å². The third kappa shape index (κ3) is 3.16. The van der Waals surface area contributed by atoms with E-state index in [0.29, 0.717) is 25.2 Å². The van der Waals surface area contributed by atoms with Crippen molar-refractivity contribution in [2.45, 2.75) is 39.3 Å². The summed E-state index contributed by atoms with van der Waals surface area (Å²) in [5, 5.41) is 2.80. The Balaban J connectivity index is 1.72. The molecule has 1 unspecified atom stereocenters. The van der Waals surface area contributed by atoms with Crippen LogP contribution in [-0.4, -0.2) is 47.4 Å². The highest BCUT2D eigenvalue weighted by Crippen LogP contribution is 2.21. The number of fused-ring (bicyclic) bond motifs is 1. The summed E-state index contributed by atoms with van der Waals surface area (Å²) >= 11 is 0. The number of aromatic nitrogens is 2. The van der Waals surface area contributed by atoms with E-state index in [2.05, 4.69) is 15.3 Å². The number of carbonyl (C=O) groups excluding carboxylic acids is 1. The van der Waals surface area contributed by atoms with Gasteiger partial charge in [0.15, 0.2) is 0 Å². The first-order chi connectivity index (χ1) is 11.3. The first kappa shape index (κ1) is 16.9. The van der Waals surface area contributed by atoms with Crippen molar-refractivity contribution in [1.29, 1.82) is 0 Å². The van der Waals surface area contributed by atoms with Crippen LogP contribution in [-0.2, 0) is 21.4 Å². The quantitative estimate of drug-likeness (QED) is 0.867. The van der Waals surface area contributed by atoms with Crippen LogP contribution in [0.1, 0.15) is 29.8 Å². The molecule has 1 amide bonds. The maximum absolute atomic E-state index is 12.4. The monoisotopic (exact) mass is 350 g/mol. The lowest BCUT2D eigenvalue weighted by Crippen LogP contribution is -2.45. The van der Waals surface area contributed by atoms with Gasteiger partial charge in [-0.05, 0) is 43.9 Å². The number of nitrogens with one attached hydrogen (secondary N) is 2. The summed E-state index contributed by atoms with van der Waals surface area (Å²) in [6, 6.07) is 3.38. The average molecular weight is 350 g/mol. The number of imidazole rings is 1. The molecule has 2 aromatic rings. The highest BCUT2D eigenvalue weighted by molar-refractivity contribution is 7.88. The van der Waals surface area contributed by atoms with E-state index in [-0.39, 0.29) is 12.5 Å². The van der Waals surface area contributed by atoms with Crippen molar-refractivity contribution in [2.24, 2.45) is 0 Å². The molecule has 7 nitrogen and oxygen atoms in total. The molecule has 1 saturated heterocycles. The van der Waals surface area contributed by atoms with Crippen molar-refractivity contribution < 1.29 is 13.2 Å². The van der Waals surface area contributed by atoms with Gasteiger partial charge in [0, 0.05) is 6.54 Å². The van der Waals surface area contributed by atoms with E-state index < -0.39 is 16.1 Å². The van der Waals surface area contributed by atoms with Crippen LogP contribution in [0, 0.1) is 13.8 Å². The van der Waals surface area contributed by atoms with Crippen LogP contribution >= 0.6 is 0 Å². The summed E-state index contributed by atoms with van der Waals surface area (Å²) in [5.41, 5.74) is 4.11. The minimum absolute atomic E-state index is 0.250. The number of hydrogen-bond donors (Lipinski definition) is 2. The molecule has 1 atom stereocenters. The van der Waals surface area contributed by atoms with E-state index in [1.165, 1.54) is 9.87 Å². The molecule has 1 aromatic heterocycles. The van der Waals surface area contributed by atoms with Gasteiger partial charge in [0.2, 0.25) is 15.9 Å². The summed E-state index contributed by atoms with van der Waals surface area (Å²) in [4.78, 5) is 20.1. The predicted molar refractivity (Wildman–Crippen MR) is 92.0 cm³/mol. The highest BCUT2D eigenvalue weighted by Gasteiger charge is 2.36. The Labute approximate surface area is 141 Å². The fourth-order valence-electron chi connectivity index (χ4n) is 3.14. The number of sulfonamides is 1. The second kappa shape index (κ2) is 6.18. The molecule has 1 fully saturated rings. The van der Waals surface area contributed by atoms with Crippen molar-refractivity contribution in [3.05, 3.63) is 29.1 Å². The number of hydrogen-bond acceptors (Lipinski definition) is 4. The standard InChI is InChI=1S/C16H22N4O3S/c1-10-6-7-12-15(11(10)2)19-14(18-12)9-17-16(21)13-5-4-8-20(13)24(3,22)23/h6-7,13H,4-5,8-9H2,1-3H3,(H,17,21)(H,18,19). The number of nitrogens with zero attached hydrogens (tertiary/aromatic N) is 2. The van der Waals surface area contributed by atoms with Gasteiger partial charge in [-0.3, -0.25) is 4.79 Å². The van der Waals surface area contributed by atoms with Crippen LogP contribution in [0.25, 0.3) is 11.0 Å². The Kier molecular flexibility index (Phi) is 4.35. The lowest BCUT2D eigenvalue weighted by atomic mass is 10.1. The van der Waals surface area contributed by atoms with Crippen LogP contribution < -0.4 is 5.32 Å². The van der Waals surface area contributed by atoms with Crippen molar-refractivity contribution in [1.82, 2.24) is 19.6 Å². The van der Waals surface area contributed by atoms with Crippen LogP contribution in [0.2, 0.25) is 0 Å². The van der Waals surface area contributed by atoms with Crippen molar-refractivity contribution in [3.8, 4) is 0 Å². The number of rotatable bonds is 4. The first-order valence-electron chi connectivity index (χ1n) is 7.96. The van der Waals surface area contributed by atoms with Gasteiger partial charge in [-0.25, -0.2) is 13.4 Å². The van der Waals surface area contributed by atoms with Crippen LogP contribution in [0.4, 0.5) is 0 Å². The molecule has 2 heterocycles. The molecule has 0 bridgehead atoms. The molecule has 130 valence electrons. The number of aryl methyl sites for hydroxylation is 2. The van der Waals surface area contributed by atoms with E-state index in [1.54, 1.807) is 0 Å². The first-order valence-corrected chi connectivity index (χ1v) is 9.81. The Morgan fingerprint density at radius 1 is 1.42 bits per heavy atom. The predicted octanol–water partition coefficient (Wildman–Crippen LogP) is 1.22. The molecule has 0 radical (unpaired) electrons. The normalized spacial score (nSPS) is 19.0. The number of aromatic amines is 1. The molecule has 1 aromatic carbocycles. The van der Waals surface area contributed by atoms with Crippen molar-refractivity contribution in [3.63, 3.8) is 0 Å². The average Bonchev–Trinajstić information content (AvgIpc) is 3.15. The van der Waals surface area contributed by atoms with Crippen LogP contribution in [0.5, 0.6) is 0 Å². The van der Waals surface area contributed by atoms with Crippen molar-refractivity contribution in [2.75, 3.05) is 12.8 Å². The van der Waals surface area contributed by atoms with E-state index in [0.717, 1.165) is 22.9 Å². The summed E-state index contributed by atoms with van der Waals surface area (Å²) in [5.74, 6) is 0.391. The molecule has 0 spiro atoms. The van der Waals surface area contributed by atoms with E-state index in [4.69, 9.17) is 0 Å². The Morgan fingerprint density at radius 3 is 2.88 bits per heavy atom. The molecule has 1 aliphatic heterocycles. The molecular weight excluding hydrogens is 328 g/mol. The molecule has 24 heavy (non-hydrogen) atoms. The van der Waals surface area contributed by atoms with Gasteiger partial charge in [0.05, 0.1) is 23.8 Å². The lowest BCUT2D eigenvalue weighted by Gasteiger charge is -2.21. The third-order valence-electron chi connectivity index (χ3n) is 4.59. The van der Waals surface area contributed by atoms with Crippen molar-refractivity contribution >= 4 is 27.0 Å². The fourth-order valence-corrected chi connectivity index (χ4v) is 4.26. The molecule has 3 rings (SSSR count). The lowest BCUT2D eigenvalue weighted by molar-refractivity contribution is -0.124. The van der Waals surface area contributed by atoms with Gasteiger partial charge in [0.1, 0.15) is 11.9 Å². The van der Waals surface area contributed by atoms with Gasteiger partial charge in [-0.15, -0.1) is 0 Å². The van der Waals surface area contributed by atoms with Gasteiger partial charge in [0.25, 0.3) is 0 Å². The second-order valence-electron chi connectivity index (χ2n) is 6.34. The zero-order chi connectivity index (χ0) is 17.5. The minimum atomic E-state index is -3.36. The number of amides is 1. The number of H-pyrrole nitrogens is 1. The highest BCUT2D eigenvalue weighted by atomic mass is 32.2. The Hall–Kier alpha value is -1.93. The van der Waals surface area contributed by atoms with E-state index >= 15 is 0 Å². The number of benzene rings is 1. The molecular formula is C16H22N4O3S. The largest absolute Gasteiger partial charge is 0.347 e. The minimum Gasteiger partial charge on any atom is -0.347 e. The number of carbonyl (C=O) groups is 1. The zero-order valence-electron chi connectivity index (χ0n) is 14.1. The van der Waals surface area contributed by atoms with Gasteiger partial charge < -0.3 is 10.3 Å². The smallest absolute Gasteiger partial charge is 0.238 e. The maximum atomic E-state index is 12.4. The second-order valence-corrected chi connectivity index (χ2v) is 8.27. The Morgan fingerprint density at radius 2 is 2.17 bits per heavy atom. The molecule has 0 aliphatic carbocycles. The fraction of sp³-hybridized carbons (Fsp3) is 0.500. The summed E-state index contributed by atoms with van der Waals surface area (Å²) in [6.45, 7) is 4.70. The van der Waals surface area contributed by atoms with E-state index in [1.807, 2.05) is 26.0 Å². The molecule has 1 aliphatic rings. The molecule has 2 N–H and O–H groups in total. The Bertz CT molecular complexity index is 888. The molecule has 0 saturated carbocycles. The molecule has 8 heteroatoms. The SMILES string of the molecule is Cc1ccc2[nH]c(CNC(=O)C3CCCN3S(C)(=O)=O)nc2c1C.